The topological polar surface area (TPSA) is 31.4 Å². The van der Waals surface area contributed by atoms with Gasteiger partial charge in [0.05, 0.1) is 0 Å². The van der Waals surface area contributed by atoms with E-state index in [4.69, 9.17) is 18.6 Å². The first kappa shape index (κ1) is 25.4. The number of aryl methyl sites for hydroxylation is 1. The Kier molecular flexibility index (Phi) is 10.2. The minimum atomic E-state index is -1.55. The summed E-state index contributed by atoms with van der Waals surface area (Å²) < 4.78 is 2.60. The van der Waals surface area contributed by atoms with E-state index in [0.29, 0.717) is 18.5 Å². The fourth-order valence-electron chi connectivity index (χ4n) is 4.99. The summed E-state index contributed by atoms with van der Waals surface area (Å²) in [4.78, 5) is 0. The van der Waals surface area contributed by atoms with Crippen molar-refractivity contribution in [1.29, 1.82) is 0 Å². The second-order valence-electron chi connectivity index (χ2n) is 8.38. The number of allylic oxidation sites excluding steroid dienone is 4. The van der Waals surface area contributed by atoms with Crippen LogP contribution in [-0.4, -0.2) is 32.8 Å². The number of benzene rings is 1. The van der Waals surface area contributed by atoms with Crippen LogP contribution in [0.15, 0.2) is 42.5 Å². The number of halogens is 2. The first-order valence-electron chi connectivity index (χ1n) is 9.92. The molecule has 3 unspecified atom stereocenters. The molecule has 1 aliphatic heterocycles. The molecule has 2 aliphatic carbocycles. The van der Waals surface area contributed by atoms with Crippen molar-refractivity contribution >= 4 is 32.4 Å². The summed E-state index contributed by atoms with van der Waals surface area (Å²) in [7, 11) is 8.23. The fraction of sp³-hybridized carbons (Fsp3) is 0.500. The third kappa shape index (κ3) is 5.87. The molecular weight excluding hydrogens is 453 g/mol. The molecule has 1 saturated heterocycles. The van der Waals surface area contributed by atoms with Gasteiger partial charge in [0.15, 0.2) is 0 Å². The van der Waals surface area contributed by atoms with Gasteiger partial charge < -0.3 is 22.6 Å². The van der Waals surface area contributed by atoms with Gasteiger partial charge in [-0.2, -0.15) is 0 Å². The number of nitrogens with zero attached hydrogens (tertiary/aromatic N) is 3. The Balaban J connectivity index is 0.000000708. The van der Waals surface area contributed by atoms with E-state index in [0.717, 1.165) is 18.9 Å². The molecule has 3 atom stereocenters. The summed E-state index contributed by atoms with van der Waals surface area (Å²) in [5, 5.41) is 9.07. The van der Waals surface area contributed by atoms with Crippen molar-refractivity contribution in [2.45, 2.75) is 38.4 Å². The predicted octanol–water partition coefficient (Wildman–Crippen LogP) is 7.31. The summed E-state index contributed by atoms with van der Waals surface area (Å²) in [6.45, 7) is 9.71. The zero-order valence-electron chi connectivity index (χ0n) is 17.9. The Morgan fingerprint density at radius 2 is 1.69 bits per heavy atom. The Labute approximate surface area is 195 Å². The van der Waals surface area contributed by atoms with Crippen molar-refractivity contribution < 1.29 is 17.0 Å². The van der Waals surface area contributed by atoms with Gasteiger partial charge in [0.25, 0.3) is 0 Å². The average molecular weight is 485 g/mol. The molecule has 3 aliphatic rings. The van der Waals surface area contributed by atoms with Crippen LogP contribution >= 0.6 is 18.6 Å². The molecule has 29 heavy (non-hydrogen) atoms. The summed E-state index contributed by atoms with van der Waals surface area (Å²) in [5.74, 6) is 1.37. The van der Waals surface area contributed by atoms with Crippen molar-refractivity contribution in [3.8, 4) is 0 Å². The van der Waals surface area contributed by atoms with Crippen molar-refractivity contribution in [2.24, 2.45) is 11.8 Å². The number of hydrogen-bond acceptors (Lipinski definition) is 1. The van der Waals surface area contributed by atoms with Crippen molar-refractivity contribution in [2.75, 3.05) is 20.0 Å². The third-order valence-corrected chi connectivity index (χ3v) is 11.0. The van der Waals surface area contributed by atoms with Gasteiger partial charge in [-0.15, -0.1) is 13.3 Å². The van der Waals surface area contributed by atoms with E-state index in [2.05, 4.69) is 77.7 Å². The van der Waals surface area contributed by atoms with Crippen molar-refractivity contribution in [3.63, 3.8) is 0 Å². The molecule has 4 rings (SSSR count). The van der Waals surface area contributed by atoms with Gasteiger partial charge in [-0.3, -0.25) is 6.67 Å². The molecular formula is C22H32Cl2N3SiTi+. The predicted molar refractivity (Wildman–Crippen MR) is 127 cm³/mol. The van der Waals surface area contributed by atoms with Gasteiger partial charge in [0.1, 0.15) is 8.24 Å². The molecule has 0 spiro atoms. The van der Waals surface area contributed by atoms with E-state index in [-0.39, 0.29) is 7.43 Å². The summed E-state index contributed by atoms with van der Waals surface area (Å²) in [6, 6.07) is 9.09. The van der Waals surface area contributed by atoms with Crippen LogP contribution in [-0.2, 0) is 17.0 Å². The van der Waals surface area contributed by atoms with Gasteiger partial charge in [-0.05, 0) is 41.9 Å². The fourth-order valence-corrected chi connectivity index (χ4v) is 8.55. The molecule has 1 aromatic carbocycles. The van der Waals surface area contributed by atoms with Gasteiger partial charge >= 0.3 is 35.6 Å². The Morgan fingerprint density at radius 1 is 1.07 bits per heavy atom. The molecule has 0 N–H and O–H groups in total. The van der Waals surface area contributed by atoms with E-state index in [1.54, 1.807) is 5.57 Å². The maximum absolute atomic E-state index is 4.89. The van der Waals surface area contributed by atoms with Crippen LogP contribution in [0.5, 0.6) is 0 Å². The average Bonchev–Trinajstić information content (AvgIpc) is 3.15. The Bertz CT molecular complexity index is 703. The first-order chi connectivity index (χ1) is 13.5. The number of hydrogen-bond donors (Lipinski definition) is 0. The van der Waals surface area contributed by atoms with E-state index >= 15 is 0 Å². The number of rotatable bonds is 3. The summed E-state index contributed by atoms with van der Waals surface area (Å²) in [5.41, 5.74) is 5.09. The Hall–Kier alpha value is 0.0912. The quantitative estimate of drug-likeness (QED) is 0.326. The van der Waals surface area contributed by atoms with E-state index in [9.17, 15) is 0 Å². The Morgan fingerprint density at radius 3 is 2.31 bits per heavy atom. The zero-order chi connectivity index (χ0) is 20.1. The van der Waals surface area contributed by atoms with Crippen LogP contribution in [0.2, 0.25) is 18.6 Å². The van der Waals surface area contributed by atoms with Gasteiger partial charge in [0, 0.05) is 0 Å². The molecule has 1 heterocycles. The van der Waals surface area contributed by atoms with E-state index in [1.807, 2.05) is 0 Å². The molecule has 1 saturated carbocycles. The molecule has 7 heteroatoms. The molecule has 2 fully saturated rings. The van der Waals surface area contributed by atoms with Crippen LogP contribution in [0.4, 0.5) is 0 Å². The van der Waals surface area contributed by atoms with Crippen molar-refractivity contribution in [3.05, 3.63) is 71.7 Å². The van der Waals surface area contributed by atoms with Gasteiger partial charge in [0.2, 0.25) is 0 Å². The molecule has 1 aromatic rings. The number of fused-ring (bicyclic) bond motifs is 1. The molecule has 3 nitrogen and oxygen atoms in total. The van der Waals surface area contributed by atoms with E-state index < -0.39 is 25.3 Å². The SMILES string of the molecule is Cc1ccc(C2=CC=CC3C2CCC3[Si](C)(C)N2C[N-]C[N-]C2)cc1.[CH3-].[Cl][Ti+4][Cl]. The normalized spacial score (nSPS) is 26.8. The third-order valence-electron chi connectivity index (χ3n) is 6.58. The molecule has 0 radical (unpaired) electrons. The minimum absolute atomic E-state index is 0. The van der Waals surface area contributed by atoms with Gasteiger partial charge in [-0.1, -0.05) is 67.6 Å². The van der Waals surface area contributed by atoms with E-state index in [1.165, 1.54) is 24.0 Å². The molecule has 0 bridgehead atoms. The van der Waals surface area contributed by atoms with Crippen LogP contribution in [0.25, 0.3) is 16.2 Å². The van der Waals surface area contributed by atoms with Gasteiger partial charge in [-0.25, -0.2) is 0 Å². The summed E-state index contributed by atoms with van der Waals surface area (Å²) >= 11 is -0.556. The van der Waals surface area contributed by atoms with Crippen LogP contribution < -0.4 is 0 Å². The first-order valence-corrected chi connectivity index (χ1v) is 17.2. The monoisotopic (exact) mass is 484 g/mol. The van der Waals surface area contributed by atoms with Crippen LogP contribution in [0.1, 0.15) is 24.0 Å². The second-order valence-corrected chi connectivity index (χ2v) is 15.6. The molecule has 0 aromatic heterocycles. The standard InChI is InChI=1S/C21H29N3Si.CH3.2ClH.Ti/c1-16-7-9-17(10-8-16)18-5-4-6-20-19(18)11-12-21(20)25(2,3)24-14-22-13-23-15-24;;;;/h4-10,19-21H,11-15H2,1-3H3;1H3;2*1H;/q-2;-1;;;+6/p-2. The summed E-state index contributed by atoms with van der Waals surface area (Å²) in [6.07, 6.45) is 9.82. The van der Waals surface area contributed by atoms with Crippen LogP contribution in [0, 0.1) is 26.2 Å². The molecule has 156 valence electrons. The maximum atomic E-state index is 4.89. The zero-order valence-corrected chi connectivity index (χ0v) is 22.0. The van der Waals surface area contributed by atoms with Crippen molar-refractivity contribution in [1.82, 2.24) is 4.57 Å². The molecule has 0 amide bonds. The second kappa shape index (κ2) is 11.6. The van der Waals surface area contributed by atoms with Crippen LogP contribution in [0.3, 0.4) is 0 Å².